The maximum Gasteiger partial charge on any atom is 0.416 e. The van der Waals surface area contributed by atoms with Crippen LogP contribution in [-0.2, 0) is 12.6 Å². The Kier molecular flexibility index (Phi) is 4.31. The average molecular weight is 380 g/mol. The van der Waals surface area contributed by atoms with Crippen LogP contribution in [0.5, 0.6) is 0 Å². The Morgan fingerprint density at radius 1 is 1.15 bits per heavy atom. The van der Waals surface area contributed by atoms with E-state index >= 15 is 0 Å². The van der Waals surface area contributed by atoms with Crippen LogP contribution in [0.3, 0.4) is 0 Å². The first-order valence-electron chi connectivity index (χ1n) is 8.93. The molecule has 1 fully saturated rings. The minimum absolute atomic E-state index is 0.148. The molecule has 1 saturated heterocycles. The number of benzene rings is 2. The van der Waals surface area contributed by atoms with E-state index in [9.17, 15) is 13.2 Å². The summed E-state index contributed by atoms with van der Waals surface area (Å²) in [6.45, 7) is 4.27. The van der Waals surface area contributed by atoms with E-state index in [1.807, 2.05) is 0 Å². The third-order valence-electron chi connectivity index (χ3n) is 5.94. The number of rotatable bonds is 1. The molecule has 0 aromatic heterocycles. The molecule has 1 aliphatic heterocycles. The summed E-state index contributed by atoms with van der Waals surface area (Å²) in [4.78, 5) is 2.36. The summed E-state index contributed by atoms with van der Waals surface area (Å²) in [6, 6.07) is 7.85. The van der Waals surface area contributed by atoms with Crippen LogP contribution in [0, 0.1) is 12.8 Å². The lowest BCUT2D eigenvalue weighted by molar-refractivity contribution is -0.137. The lowest BCUT2D eigenvalue weighted by Gasteiger charge is -2.33. The van der Waals surface area contributed by atoms with Crippen LogP contribution >= 0.6 is 11.6 Å². The van der Waals surface area contributed by atoms with E-state index in [0.717, 1.165) is 37.2 Å². The fourth-order valence-electron chi connectivity index (χ4n) is 4.56. The molecule has 2 aliphatic rings. The van der Waals surface area contributed by atoms with E-state index in [1.54, 1.807) is 0 Å². The highest BCUT2D eigenvalue weighted by Crippen LogP contribution is 2.46. The fourth-order valence-corrected chi connectivity index (χ4v) is 4.85. The maximum absolute atomic E-state index is 12.9. The first-order chi connectivity index (χ1) is 12.2. The van der Waals surface area contributed by atoms with E-state index in [4.69, 9.17) is 11.6 Å². The van der Waals surface area contributed by atoms with Gasteiger partial charge >= 0.3 is 6.18 Å². The maximum atomic E-state index is 12.9. The van der Waals surface area contributed by atoms with Crippen LogP contribution in [0.4, 0.5) is 13.2 Å². The molecule has 26 heavy (non-hydrogen) atoms. The molecule has 0 saturated carbocycles. The highest BCUT2D eigenvalue weighted by molar-refractivity contribution is 6.33. The van der Waals surface area contributed by atoms with Crippen molar-refractivity contribution in [3.05, 3.63) is 57.6 Å². The monoisotopic (exact) mass is 379 g/mol. The quantitative estimate of drug-likeness (QED) is 0.594. The van der Waals surface area contributed by atoms with Crippen LogP contribution in [-0.4, -0.2) is 25.0 Å². The van der Waals surface area contributed by atoms with Crippen molar-refractivity contribution < 1.29 is 13.2 Å². The van der Waals surface area contributed by atoms with E-state index < -0.39 is 11.7 Å². The van der Waals surface area contributed by atoms with Gasteiger partial charge in [0.1, 0.15) is 0 Å². The number of piperidine rings is 1. The molecule has 4 rings (SSSR count). The molecule has 0 radical (unpaired) electrons. The summed E-state index contributed by atoms with van der Waals surface area (Å²) in [7, 11) is 2.15. The van der Waals surface area contributed by atoms with Crippen LogP contribution < -0.4 is 0 Å². The van der Waals surface area contributed by atoms with Gasteiger partial charge in [-0.2, -0.15) is 13.2 Å². The molecule has 2 aromatic rings. The molecule has 2 atom stereocenters. The van der Waals surface area contributed by atoms with Gasteiger partial charge in [0.2, 0.25) is 0 Å². The van der Waals surface area contributed by atoms with Crippen LogP contribution in [0.25, 0.3) is 11.1 Å². The average Bonchev–Trinajstić information content (AvgIpc) is 2.92. The second-order valence-electron chi connectivity index (χ2n) is 7.67. The van der Waals surface area contributed by atoms with Gasteiger partial charge in [0.05, 0.1) is 5.56 Å². The zero-order chi connectivity index (χ0) is 18.6. The van der Waals surface area contributed by atoms with Gasteiger partial charge in [0, 0.05) is 23.0 Å². The largest absolute Gasteiger partial charge is 0.416 e. The molecule has 2 aromatic carbocycles. The van der Waals surface area contributed by atoms with Gasteiger partial charge in [-0.1, -0.05) is 29.8 Å². The number of alkyl halides is 3. The number of likely N-dealkylation sites (N-methyl/N-ethyl adjacent to an activating group) is 1. The van der Waals surface area contributed by atoms with Gasteiger partial charge in [0.15, 0.2) is 0 Å². The van der Waals surface area contributed by atoms with Gasteiger partial charge in [-0.3, -0.25) is 0 Å². The Morgan fingerprint density at radius 2 is 1.92 bits per heavy atom. The number of hydrogen-bond donors (Lipinski definition) is 0. The summed E-state index contributed by atoms with van der Waals surface area (Å²) in [5.41, 5.74) is 4.85. The van der Waals surface area contributed by atoms with Crippen LogP contribution in [0.1, 0.15) is 34.6 Å². The van der Waals surface area contributed by atoms with Crippen molar-refractivity contribution in [2.24, 2.45) is 5.92 Å². The van der Waals surface area contributed by atoms with Gasteiger partial charge in [0.25, 0.3) is 0 Å². The lowest BCUT2D eigenvalue weighted by Crippen LogP contribution is -2.34. The molecular formula is C21H21ClF3N. The predicted octanol–water partition coefficient (Wildman–Crippen LogP) is 5.93. The second-order valence-corrected chi connectivity index (χ2v) is 8.08. The molecule has 5 heteroatoms. The summed E-state index contributed by atoms with van der Waals surface area (Å²) in [5, 5.41) is 0.148. The minimum atomic E-state index is -4.38. The number of likely N-dealkylation sites (tertiary alicyclic amines) is 1. The van der Waals surface area contributed by atoms with Gasteiger partial charge in [-0.25, -0.2) is 0 Å². The highest BCUT2D eigenvalue weighted by atomic mass is 35.5. The standard InChI is InChI=1S/C21H21ClF3N/c1-12-7-14(16-4-3-15(10-20(16)22)21(23,24)25)9-18-17(12)8-13-5-6-26(2)11-19(13)18/h3-4,7,9-10,13,19H,5-6,8,11H2,1-2H3. The van der Waals surface area contributed by atoms with Crippen molar-refractivity contribution in [1.82, 2.24) is 4.90 Å². The number of aryl methyl sites for hydroxylation is 1. The molecule has 1 aliphatic carbocycles. The third kappa shape index (κ3) is 3.03. The first kappa shape index (κ1) is 17.9. The SMILES string of the molecule is Cc1cc(-c2ccc(C(F)(F)F)cc2Cl)cc2c1CC1CCN(C)CC21. The first-order valence-corrected chi connectivity index (χ1v) is 9.31. The Morgan fingerprint density at radius 3 is 2.62 bits per heavy atom. The number of nitrogens with zero attached hydrogens (tertiary/aromatic N) is 1. The molecular weight excluding hydrogens is 359 g/mol. The molecule has 2 unspecified atom stereocenters. The predicted molar refractivity (Wildman–Crippen MR) is 98.7 cm³/mol. The zero-order valence-electron chi connectivity index (χ0n) is 14.8. The molecule has 0 spiro atoms. The molecule has 0 N–H and O–H groups in total. The Hall–Kier alpha value is -1.52. The topological polar surface area (TPSA) is 3.24 Å². The van der Waals surface area contributed by atoms with Crippen molar-refractivity contribution in [3.63, 3.8) is 0 Å². The second kappa shape index (κ2) is 6.28. The van der Waals surface area contributed by atoms with E-state index in [0.29, 0.717) is 17.4 Å². The van der Waals surface area contributed by atoms with Crippen molar-refractivity contribution >= 4 is 11.6 Å². The van der Waals surface area contributed by atoms with Crippen molar-refractivity contribution in [2.75, 3.05) is 20.1 Å². The number of fused-ring (bicyclic) bond motifs is 3. The summed E-state index contributed by atoms with van der Waals surface area (Å²) < 4.78 is 38.7. The van der Waals surface area contributed by atoms with Gasteiger partial charge in [-0.15, -0.1) is 0 Å². The fraction of sp³-hybridized carbons (Fsp3) is 0.429. The Balaban J connectivity index is 1.76. The van der Waals surface area contributed by atoms with E-state index in [-0.39, 0.29) is 5.02 Å². The van der Waals surface area contributed by atoms with E-state index in [2.05, 4.69) is 31.0 Å². The van der Waals surface area contributed by atoms with Crippen molar-refractivity contribution in [3.8, 4) is 11.1 Å². The summed E-state index contributed by atoms with van der Waals surface area (Å²) in [6.07, 6.45) is -2.07. The highest BCUT2D eigenvalue weighted by Gasteiger charge is 2.37. The number of hydrogen-bond acceptors (Lipinski definition) is 1. The molecule has 0 amide bonds. The van der Waals surface area contributed by atoms with Gasteiger partial charge in [-0.05, 0) is 73.7 Å². The molecule has 1 nitrogen and oxygen atoms in total. The van der Waals surface area contributed by atoms with Crippen LogP contribution in [0.15, 0.2) is 30.3 Å². The normalized spacial score (nSPS) is 23.0. The minimum Gasteiger partial charge on any atom is -0.306 e. The zero-order valence-corrected chi connectivity index (χ0v) is 15.6. The molecule has 138 valence electrons. The van der Waals surface area contributed by atoms with Crippen molar-refractivity contribution in [1.29, 1.82) is 0 Å². The Bertz CT molecular complexity index is 859. The number of halogens is 4. The molecule has 0 bridgehead atoms. The van der Waals surface area contributed by atoms with Crippen molar-refractivity contribution in [2.45, 2.75) is 31.9 Å². The third-order valence-corrected chi connectivity index (χ3v) is 6.25. The van der Waals surface area contributed by atoms with E-state index in [1.165, 1.54) is 29.2 Å². The Labute approximate surface area is 156 Å². The summed E-state index contributed by atoms with van der Waals surface area (Å²) >= 11 is 6.23. The smallest absolute Gasteiger partial charge is 0.306 e. The molecule has 1 heterocycles. The summed E-state index contributed by atoms with van der Waals surface area (Å²) in [5.74, 6) is 1.19. The lowest BCUT2D eigenvalue weighted by atomic mass is 9.85. The van der Waals surface area contributed by atoms with Crippen LogP contribution in [0.2, 0.25) is 5.02 Å². The van der Waals surface area contributed by atoms with Gasteiger partial charge < -0.3 is 4.90 Å².